The molecule has 37 heavy (non-hydrogen) atoms. The molecule has 1 aliphatic rings. The number of aromatic nitrogens is 1. The van der Waals surface area contributed by atoms with Crippen LogP contribution in [0.25, 0.3) is 10.9 Å². The molecule has 4 aromatic rings. The Morgan fingerprint density at radius 1 is 0.973 bits per heavy atom. The SMILES string of the molecule is NC(N)=NCCCCN1C(=O)C(Cc2c[nH]c3ccccc23)N=C(c2ccccc2F)c2ccccc21. The van der Waals surface area contributed by atoms with Gasteiger partial charge in [-0.05, 0) is 42.7 Å². The molecule has 0 bridgehead atoms. The molecule has 1 unspecified atom stereocenters. The number of benzodiazepines with no additional fused rings is 1. The molecule has 1 atom stereocenters. The Labute approximate surface area is 214 Å². The van der Waals surface area contributed by atoms with E-state index in [0.717, 1.165) is 34.1 Å². The van der Waals surface area contributed by atoms with E-state index in [2.05, 4.69) is 9.98 Å². The van der Waals surface area contributed by atoms with Gasteiger partial charge in [0.25, 0.3) is 5.91 Å². The number of anilines is 1. The number of para-hydroxylation sites is 2. The highest BCUT2D eigenvalue weighted by atomic mass is 19.1. The van der Waals surface area contributed by atoms with Crippen LogP contribution in [0.15, 0.2) is 89.0 Å². The second-order valence-corrected chi connectivity index (χ2v) is 9.06. The summed E-state index contributed by atoms with van der Waals surface area (Å²) < 4.78 is 15.0. The maximum absolute atomic E-state index is 15.0. The monoisotopic (exact) mass is 496 g/mol. The van der Waals surface area contributed by atoms with E-state index in [4.69, 9.17) is 16.5 Å². The molecule has 1 aliphatic heterocycles. The summed E-state index contributed by atoms with van der Waals surface area (Å²) in [4.78, 5) is 28.1. The molecule has 0 aliphatic carbocycles. The molecule has 5 rings (SSSR count). The molecule has 0 spiro atoms. The van der Waals surface area contributed by atoms with E-state index < -0.39 is 6.04 Å². The quantitative estimate of drug-likeness (QED) is 0.193. The predicted octanol–water partition coefficient (Wildman–Crippen LogP) is 4.16. The molecule has 0 fully saturated rings. The average molecular weight is 497 g/mol. The molecule has 1 amide bonds. The summed E-state index contributed by atoms with van der Waals surface area (Å²) in [6.45, 7) is 0.960. The van der Waals surface area contributed by atoms with Crippen molar-refractivity contribution < 1.29 is 9.18 Å². The number of nitrogens with two attached hydrogens (primary N) is 2. The molecule has 8 heteroatoms. The van der Waals surface area contributed by atoms with Crippen molar-refractivity contribution in [2.24, 2.45) is 21.5 Å². The highest BCUT2D eigenvalue weighted by molar-refractivity contribution is 6.20. The number of hydrogen-bond donors (Lipinski definition) is 3. The Kier molecular flexibility index (Phi) is 6.98. The summed E-state index contributed by atoms with van der Waals surface area (Å²) >= 11 is 0. The van der Waals surface area contributed by atoms with Crippen LogP contribution in [0.1, 0.15) is 29.5 Å². The number of benzene rings is 3. The van der Waals surface area contributed by atoms with Crippen molar-refractivity contribution >= 4 is 34.2 Å². The Morgan fingerprint density at radius 3 is 2.51 bits per heavy atom. The summed E-state index contributed by atoms with van der Waals surface area (Å²) in [5.41, 5.74) is 15.2. The minimum Gasteiger partial charge on any atom is -0.370 e. The number of amides is 1. The number of aromatic amines is 1. The van der Waals surface area contributed by atoms with E-state index in [1.807, 2.05) is 54.7 Å². The van der Waals surface area contributed by atoms with Gasteiger partial charge in [-0.3, -0.25) is 14.8 Å². The number of unbranched alkanes of at least 4 members (excludes halogenated alkanes) is 1. The number of H-pyrrole nitrogens is 1. The van der Waals surface area contributed by atoms with Gasteiger partial charge >= 0.3 is 0 Å². The maximum atomic E-state index is 15.0. The molecule has 2 heterocycles. The van der Waals surface area contributed by atoms with E-state index in [1.54, 1.807) is 23.1 Å². The standard InChI is InChI=1S/C29H29FN6O/c30-23-12-4-1-10-21(23)27-22-11-3-6-14-26(22)36(16-8-7-15-33-29(31)32)28(37)25(35-27)17-19-18-34-24-13-5-2-9-20(19)24/h1-6,9-14,18,25,34H,7-8,15-17H2,(H4,31,32,33). The van der Waals surface area contributed by atoms with Crippen molar-refractivity contribution in [1.82, 2.24) is 4.98 Å². The lowest BCUT2D eigenvalue weighted by molar-refractivity contribution is -0.119. The van der Waals surface area contributed by atoms with Gasteiger partial charge in [-0.15, -0.1) is 0 Å². The Morgan fingerprint density at radius 2 is 1.70 bits per heavy atom. The van der Waals surface area contributed by atoms with Gasteiger partial charge in [-0.2, -0.15) is 0 Å². The fraction of sp³-hybridized carbons (Fsp3) is 0.207. The summed E-state index contributed by atoms with van der Waals surface area (Å²) in [7, 11) is 0. The first-order chi connectivity index (χ1) is 18.0. The largest absolute Gasteiger partial charge is 0.370 e. The van der Waals surface area contributed by atoms with Crippen molar-refractivity contribution in [2.75, 3.05) is 18.0 Å². The number of guanidine groups is 1. The lowest BCUT2D eigenvalue weighted by Crippen LogP contribution is -2.39. The van der Waals surface area contributed by atoms with E-state index >= 15 is 4.39 Å². The smallest absolute Gasteiger partial charge is 0.252 e. The number of nitrogens with one attached hydrogen (secondary N) is 1. The normalized spacial score (nSPS) is 15.3. The predicted molar refractivity (Wildman–Crippen MR) is 147 cm³/mol. The van der Waals surface area contributed by atoms with Crippen LogP contribution in [-0.4, -0.2) is 41.7 Å². The third-order valence-corrected chi connectivity index (χ3v) is 6.59. The molecule has 5 N–H and O–H groups in total. The number of fused-ring (bicyclic) bond motifs is 2. The molecule has 1 aromatic heterocycles. The molecular weight excluding hydrogens is 467 g/mol. The highest BCUT2D eigenvalue weighted by Gasteiger charge is 2.32. The molecule has 7 nitrogen and oxygen atoms in total. The van der Waals surface area contributed by atoms with Crippen molar-refractivity contribution in [3.63, 3.8) is 0 Å². The zero-order valence-electron chi connectivity index (χ0n) is 20.4. The highest BCUT2D eigenvalue weighted by Crippen LogP contribution is 2.31. The van der Waals surface area contributed by atoms with E-state index in [1.165, 1.54) is 6.07 Å². The van der Waals surface area contributed by atoms with Crippen LogP contribution in [0.4, 0.5) is 10.1 Å². The lowest BCUT2D eigenvalue weighted by Gasteiger charge is -2.25. The van der Waals surface area contributed by atoms with Gasteiger partial charge in [-0.1, -0.05) is 48.5 Å². The first-order valence-corrected chi connectivity index (χ1v) is 12.4. The number of halogens is 1. The van der Waals surface area contributed by atoms with Crippen molar-refractivity contribution in [1.29, 1.82) is 0 Å². The summed E-state index contributed by atoms with van der Waals surface area (Å²) in [6.07, 6.45) is 3.73. The van der Waals surface area contributed by atoms with Crippen LogP contribution < -0.4 is 16.4 Å². The Bertz CT molecular complexity index is 1490. The minimum atomic E-state index is -0.723. The van der Waals surface area contributed by atoms with Gasteiger partial charge in [0, 0.05) is 47.7 Å². The number of nitrogens with zero attached hydrogens (tertiary/aromatic N) is 3. The van der Waals surface area contributed by atoms with Crippen LogP contribution in [-0.2, 0) is 11.2 Å². The van der Waals surface area contributed by atoms with Crippen LogP contribution in [0.3, 0.4) is 0 Å². The molecule has 3 aromatic carbocycles. The number of rotatable bonds is 8. The fourth-order valence-corrected chi connectivity index (χ4v) is 4.82. The number of carbonyl (C=O) groups is 1. The van der Waals surface area contributed by atoms with Gasteiger partial charge in [0.15, 0.2) is 5.96 Å². The molecule has 0 saturated heterocycles. The minimum absolute atomic E-state index is 0.0536. The molecule has 188 valence electrons. The van der Waals surface area contributed by atoms with E-state index in [0.29, 0.717) is 37.2 Å². The van der Waals surface area contributed by atoms with Gasteiger partial charge in [0.05, 0.1) is 11.4 Å². The van der Waals surface area contributed by atoms with Gasteiger partial charge in [-0.25, -0.2) is 4.39 Å². The second-order valence-electron chi connectivity index (χ2n) is 9.06. The van der Waals surface area contributed by atoms with Crippen molar-refractivity contribution in [2.45, 2.75) is 25.3 Å². The van der Waals surface area contributed by atoms with Crippen LogP contribution in [0.2, 0.25) is 0 Å². The zero-order valence-corrected chi connectivity index (χ0v) is 20.4. The lowest BCUT2D eigenvalue weighted by atomic mass is 9.99. The van der Waals surface area contributed by atoms with Gasteiger partial charge in [0.1, 0.15) is 11.9 Å². The fourth-order valence-electron chi connectivity index (χ4n) is 4.82. The van der Waals surface area contributed by atoms with Gasteiger partial charge in [0.2, 0.25) is 0 Å². The van der Waals surface area contributed by atoms with Crippen LogP contribution in [0.5, 0.6) is 0 Å². The van der Waals surface area contributed by atoms with E-state index in [-0.39, 0.29) is 17.7 Å². The Balaban J connectivity index is 1.56. The Hall–Kier alpha value is -4.46. The summed E-state index contributed by atoms with van der Waals surface area (Å²) in [5, 5.41) is 1.04. The number of carbonyl (C=O) groups excluding carboxylic acids is 1. The molecule has 0 radical (unpaired) electrons. The maximum Gasteiger partial charge on any atom is 0.252 e. The van der Waals surface area contributed by atoms with E-state index in [9.17, 15) is 4.79 Å². The van der Waals surface area contributed by atoms with Crippen LogP contribution >= 0.6 is 0 Å². The topological polar surface area (TPSA) is 113 Å². The molecule has 0 saturated carbocycles. The third-order valence-electron chi connectivity index (χ3n) is 6.59. The third kappa shape index (κ3) is 5.09. The number of aliphatic imine (C=N–C) groups is 2. The second kappa shape index (κ2) is 10.7. The molecular formula is C29H29FN6O. The average Bonchev–Trinajstić information content (AvgIpc) is 3.27. The van der Waals surface area contributed by atoms with Gasteiger partial charge < -0.3 is 21.4 Å². The summed E-state index contributed by atoms with van der Waals surface area (Å²) in [5.74, 6) is -0.441. The first kappa shape index (κ1) is 24.2. The van der Waals surface area contributed by atoms with Crippen molar-refractivity contribution in [3.8, 4) is 0 Å². The number of hydrogen-bond acceptors (Lipinski definition) is 3. The van der Waals surface area contributed by atoms with Crippen LogP contribution in [0, 0.1) is 5.82 Å². The summed E-state index contributed by atoms with van der Waals surface area (Å²) in [6, 6.07) is 21.4. The zero-order chi connectivity index (χ0) is 25.8. The van der Waals surface area contributed by atoms with Crippen molar-refractivity contribution in [3.05, 3.63) is 102 Å². The first-order valence-electron chi connectivity index (χ1n) is 12.4.